The van der Waals surface area contributed by atoms with Crippen molar-refractivity contribution in [3.63, 3.8) is 0 Å². The summed E-state index contributed by atoms with van der Waals surface area (Å²) in [7, 11) is 1.30. The van der Waals surface area contributed by atoms with Crippen molar-refractivity contribution in [2.24, 2.45) is 11.8 Å². The Morgan fingerprint density at radius 2 is 1.68 bits per heavy atom. The minimum Gasteiger partial charge on any atom is -0.453 e. The molecule has 14 nitrogen and oxygen atoms in total. The number of ether oxygens (including phenoxy) is 1. The zero-order valence-electron chi connectivity index (χ0n) is 35.4. The van der Waals surface area contributed by atoms with Gasteiger partial charge in [0.2, 0.25) is 11.8 Å². The van der Waals surface area contributed by atoms with E-state index in [0.717, 1.165) is 33.8 Å². The van der Waals surface area contributed by atoms with Gasteiger partial charge >= 0.3 is 12.1 Å². The third kappa shape index (κ3) is 13.3. The SMILES string of the molecule is CCC(C)C(C(=O)NC(Cc1ccccc1)C(O)CN(Cc1ccc(-c2ccccn2)cc1)NC(=O)CCC(C)CNC(=O)OC)N1CCN(Cc2cccc(C)n2)C1=O. The number of nitrogens with zero attached hydrogens (tertiary/aromatic N) is 5. The molecule has 4 aromatic rings. The van der Waals surface area contributed by atoms with Crippen LogP contribution in [0, 0.1) is 18.8 Å². The van der Waals surface area contributed by atoms with Crippen LogP contribution in [0.25, 0.3) is 11.3 Å². The Bertz CT molecular complexity index is 1990. The Kier molecular flexibility index (Phi) is 17.0. The van der Waals surface area contributed by atoms with Crippen molar-refractivity contribution in [1.29, 1.82) is 0 Å². The molecular weight excluding hydrogens is 761 g/mol. The number of aryl methyl sites for hydroxylation is 1. The molecule has 3 heterocycles. The number of methoxy groups -OCH3 is 1. The first kappa shape index (κ1) is 45.2. The van der Waals surface area contributed by atoms with Gasteiger partial charge in [0.25, 0.3) is 0 Å². The summed E-state index contributed by atoms with van der Waals surface area (Å²) >= 11 is 0. The van der Waals surface area contributed by atoms with Crippen molar-refractivity contribution in [3.05, 3.63) is 120 Å². The standard InChI is InChI=1S/C46H60N8O6/c1-6-33(3)43(54-26-25-52(46(54)59)30-38-16-12-13-34(4)49-38)44(57)50-40(27-35-14-8-7-9-15-35)41(55)31-53(51-42(56)23-18-32(2)28-48-45(58)60-5)29-36-19-21-37(22-20-36)39-17-10-11-24-47-39/h7-17,19-22,24,32-33,40-41,43,55H,6,18,23,25-31H2,1-5H3,(H,48,58)(H,50,57)(H,51,56). The Balaban J connectivity index is 1.34. The maximum absolute atomic E-state index is 14.5. The molecule has 0 aliphatic carbocycles. The van der Waals surface area contributed by atoms with E-state index in [9.17, 15) is 24.3 Å². The average Bonchev–Trinajstić information content (AvgIpc) is 3.60. The minimum atomic E-state index is -1.14. The first-order valence-electron chi connectivity index (χ1n) is 20.8. The second-order valence-electron chi connectivity index (χ2n) is 15.7. The lowest BCUT2D eigenvalue weighted by Gasteiger charge is -2.35. The molecule has 4 N–H and O–H groups in total. The van der Waals surface area contributed by atoms with Gasteiger partial charge in [0.1, 0.15) is 6.04 Å². The number of benzene rings is 2. The fraction of sp³-hybridized carbons (Fsp3) is 0.435. The van der Waals surface area contributed by atoms with Gasteiger partial charge in [0, 0.05) is 56.6 Å². The number of alkyl carbamates (subject to hydrolysis) is 1. The summed E-state index contributed by atoms with van der Waals surface area (Å²) in [6.07, 6.45) is 1.72. The molecule has 0 bridgehead atoms. The molecule has 5 rings (SSSR count). The molecule has 320 valence electrons. The molecule has 60 heavy (non-hydrogen) atoms. The second-order valence-corrected chi connectivity index (χ2v) is 15.7. The van der Waals surface area contributed by atoms with E-state index >= 15 is 0 Å². The molecule has 1 saturated heterocycles. The molecule has 0 radical (unpaired) electrons. The van der Waals surface area contributed by atoms with Gasteiger partial charge in [0.15, 0.2) is 0 Å². The highest BCUT2D eigenvalue weighted by Gasteiger charge is 2.41. The van der Waals surface area contributed by atoms with E-state index in [1.54, 1.807) is 21.0 Å². The van der Waals surface area contributed by atoms with E-state index in [1.807, 2.05) is 119 Å². The lowest BCUT2D eigenvalue weighted by Crippen LogP contribution is -2.58. The van der Waals surface area contributed by atoms with Crippen molar-refractivity contribution in [1.82, 2.24) is 40.8 Å². The first-order valence-corrected chi connectivity index (χ1v) is 20.8. The zero-order valence-corrected chi connectivity index (χ0v) is 35.4. The number of urea groups is 1. The van der Waals surface area contributed by atoms with Crippen LogP contribution in [-0.4, -0.2) is 105 Å². The van der Waals surface area contributed by atoms with Gasteiger partial charge in [-0.2, -0.15) is 0 Å². The van der Waals surface area contributed by atoms with E-state index in [0.29, 0.717) is 45.4 Å². The fourth-order valence-corrected chi connectivity index (χ4v) is 7.32. The van der Waals surface area contributed by atoms with Crippen molar-refractivity contribution < 1.29 is 29.0 Å². The number of hydrogen-bond acceptors (Lipinski definition) is 9. The molecule has 0 spiro atoms. The molecule has 1 aliphatic heterocycles. The molecular formula is C46H60N8O6. The smallest absolute Gasteiger partial charge is 0.406 e. The molecule has 0 saturated carbocycles. The molecule has 5 unspecified atom stereocenters. The summed E-state index contributed by atoms with van der Waals surface area (Å²) in [5.74, 6) is -0.764. The summed E-state index contributed by atoms with van der Waals surface area (Å²) < 4.78 is 4.66. The summed E-state index contributed by atoms with van der Waals surface area (Å²) in [5.41, 5.74) is 8.23. The maximum atomic E-state index is 14.5. The van der Waals surface area contributed by atoms with E-state index in [2.05, 4.69) is 30.8 Å². The average molecular weight is 821 g/mol. The molecule has 5 amide bonds. The zero-order chi connectivity index (χ0) is 43.0. The predicted molar refractivity (Wildman–Crippen MR) is 230 cm³/mol. The molecule has 2 aromatic heterocycles. The molecule has 5 atom stereocenters. The van der Waals surface area contributed by atoms with Gasteiger partial charge in [-0.1, -0.05) is 93.9 Å². The van der Waals surface area contributed by atoms with Crippen LogP contribution >= 0.6 is 0 Å². The highest BCUT2D eigenvalue weighted by molar-refractivity contribution is 5.88. The monoisotopic (exact) mass is 820 g/mol. The largest absolute Gasteiger partial charge is 0.453 e. The quantitative estimate of drug-likeness (QED) is 0.0794. The van der Waals surface area contributed by atoms with Crippen LogP contribution in [-0.2, 0) is 33.8 Å². The number of hydrogen-bond donors (Lipinski definition) is 4. The van der Waals surface area contributed by atoms with Crippen LogP contribution in [0.1, 0.15) is 62.5 Å². The first-order chi connectivity index (χ1) is 28.9. The van der Waals surface area contributed by atoms with Crippen LogP contribution < -0.4 is 16.1 Å². The van der Waals surface area contributed by atoms with Crippen LogP contribution in [0.15, 0.2) is 97.2 Å². The van der Waals surface area contributed by atoms with Gasteiger partial charge in [0.05, 0.1) is 37.2 Å². The number of aliphatic hydroxyl groups excluding tert-OH is 1. The summed E-state index contributed by atoms with van der Waals surface area (Å²) in [6, 6.07) is 27.2. The minimum absolute atomic E-state index is 0.00530. The van der Waals surface area contributed by atoms with Crippen LogP contribution in [0.5, 0.6) is 0 Å². The summed E-state index contributed by atoms with van der Waals surface area (Å²) in [4.78, 5) is 65.8. The van der Waals surface area contributed by atoms with Gasteiger partial charge in [-0.25, -0.2) is 14.6 Å². The second kappa shape index (κ2) is 22.5. The number of carbonyl (C=O) groups excluding carboxylic acids is 4. The van der Waals surface area contributed by atoms with Crippen LogP contribution in [0.3, 0.4) is 0 Å². The number of amides is 5. The van der Waals surface area contributed by atoms with Crippen molar-refractivity contribution >= 4 is 23.9 Å². The Hall–Kier alpha value is -5.86. The van der Waals surface area contributed by atoms with Crippen molar-refractivity contribution in [2.45, 2.75) is 84.7 Å². The van der Waals surface area contributed by atoms with Gasteiger partial charge in [-0.3, -0.25) is 25.0 Å². The van der Waals surface area contributed by atoms with Gasteiger partial charge in [-0.05, 0) is 67.0 Å². The third-order valence-electron chi connectivity index (χ3n) is 10.9. The number of carbonyl (C=O) groups is 4. The van der Waals surface area contributed by atoms with Gasteiger partial charge in [-0.15, -0.1) is 0 Å². The Morgan fingerprint density at radius 1 is 0.933 bits per heavy atom. The Morgan fingerprint density at radius 3 is 2.37 bits per heavy atom. The number of nitrogens with one attached hydrogen (secondary N) is 3. The fourth-order valence-electron chi connectivity index (χ4n) is 7.32. The topological polar surface area (TPSA) is 169 Å². The summed E-state index contributed by atoms with van der Waals surface area (Å²) in [5, 5.41) is 19.6. The third-order valence-corrected chi connectivity index (χ3v) is 10.9. The van der Waals surface area contributed by atoms with Crippen molar-refractivity contribution in [2.75, 3.05) is 33.3 Å². The highest BCUT2D eigenvalue weighted by Crippen LogP contribution is 2.23. The number of rotatable bonds is 21. The normalized spacial score (nSPS) is 15.2. The van der Waals surface area contributed by atoms with E-state index < -0.39 is 24.3 Å². The maximum Gasteiger partial charge on any atom is 0.406 e. The van der Waals surface area contributed by atoms with E-state index in [4.69, 9.17) is 0 Å². The van der Waals surface area contributed by atoms with Crippen LogP contribution in [0.2, 0.25) is 0 Å². The number of pyridine rings is 2. The number of aliphatic hydroxyl groups is 1. The number of hydrazine groups is 1. The highest BCUT2D eigenvalue weighted by atomic mass is 16.5. The van der Waals surface area contributed by atoms with E-state index in [1.165, 1.54) is 7.11 Å². The molecule has 1 fully saturated rings. The Labute approximate surface area is 353 Å². The molecule has 1 aliphatic rings. The predicted octanol–water partition coefficient (Wildman–Crippen LogP) is 5.50. The van der Waals surface area contributed by atoms with E-state index in [-0.39, 0.29) is 49.2 Å². The number of aromatic nitrogens is 2. The lowest BCUT2D eigenvalue weighted by atomic mass is 9.95. The van der Waals surface area contributed by atoms with Crippen LogP contribution in [0.4, 0.5) is 9.59 Å². The van der Waals surface area contributed by atoms with Gasteiger partial charge < -0.3 is 30.3 Å². The molecule has 2 aromatic carbocycles. The summed E-state index contributed by atoms with van der Waals surface area (Å²) in [6.45, 7) is 9.61. The molecule has 14 heteroatoms. The lowest BCUT2D eigenvalue weighted by molar-refractivity contribution is -0.130. The van der Waals surface area contributed by atoms with Crippen molar-refractivity contribution in [3.8, 4) is 11.3 Å².